The van der Waals surface area contributed by atoms with Crippen LogP contribution in [0.3, 0.4) is 0 Å². The van der Waals surface area contributed by atoms with Gasteiger partial charge in [0.2, 0.25) is 0 Å². The minimum atomic E-state index is 0.258. The average molecular weight is 124 g/mol. The largest absolute Gasteiger partial charge is 0.494 e. The van der Waals surface area contributed by atoms with Crippen LogP contribution in [0.4, 0.5) is 0 Å². The Bertz CT molecular complexity index is 165. The minimum absolute atomic E-state index is 0.258. The fraction of sp³-hybridized carbons (Fsp3) is 0.500. The highest BCUT2D eigenvalue weighted by Gasteiger charge is 2.04. The molecule has 0 aromatic carbocycles. The van der Waals surface area contributed by atoms with Crippen molar-refractivity contribution in [3.05, 3.63) is 23.5 Å². The van der Waals surface area contributed by atoms with E-state index in [0.717, 1.165) is 0 Å². The molecular formula is C8H12O. The Balaban J connectivity index is 2.75. The molecule has 0 N–H and O–H groups in total. The summed E-state index contributed by atoms with van der Waals surface area (Å²) in [4.78, 5) is 0. The van der Waals surface area contributed by atoms with Gasteiger partial charge in [-0.1, -0.05) is 0 Å². The van der Waals surface area contributed by atoms with E-state index in [-0.39, 0.29) is 6.10 Å². The first-order valence-corrected chi connectivity index (χ1v) is 3.21. The number of rotatable bonds is 0. The van der Waals surface area contributed by atoms with Crippen LogP contribution in [0.5, 0.6) is 0 Å². The molecule has 0 fully saturated rings. The first-order chi connectivity index (χ1) is 4.20. The van der Waals surface area contributed by atoms with E-state index in [1.807, 2.05) is 13.2 Å². The average Bonchev–Trinajstić information content (AvgIpc) is 1.80. The molecule has 1 heteroatoms. The third kappa shape index (κ3) is 1.35. The van der Waals surface area contributed by atoms with E-state index < -0.39 is 0 Å². The molecule has 1 unspecified atom stereocenters. The van der Waals surface area contributed by atoms with Gasteiger partial charge in [0, 0.05) is 0 Å². The Labute approximate surface area is 56.0 Å². The zero-order valence-electron chi connectivity index (χ0n) is 6.14. The number of ether oxygens (including phenoxy) is 1. The molecule has 1 aliphatic rings. The molecule has 0 saturated carbocycles. The van der Waals surface area contributed by atoms with E-state index >= 15 is 0 Å². The molecule has 1 aliphatic heterocycles. The maximum atomic E-state index is 5.22. The lowest BCUT2D eigenvalue weighted by Crippen LogP contribution is -2.05. The van der Waals surface area contributed by atoms with E-state index in [2.05, 4.69) is 19.9 Å². The van der Waals surface area contributed by atoms with Crippen molar-refractivity contribution in [1.29, 1.82) is 0 Å². The number of allylic oxidation sites excluding steroid dienone is 2. The second-order valence-electron chi connectivity index (χ2n) is 2.49. The van der Waals surface area contributed by atoms with Crippen molar-refractivity contribution in [2.75, 3.05) is 0 Å². The maximum Gasteiger partial charge on any atom is 0.114 e. The van der Waals surface area contributed by atoms with Gasteiger partial charge in [0.15, 0.2) is 0 Å². The highest BCUT2D eigenvalue weighted by atomic mass is 16.5. The molecule has 0 saturated heterocycles. The Morgan fingerprint density at radius 2 is 2.00 bits per heavy atom. The summed E-state index contributed by atoms with van der Waals surface area (Å²) < 4.78 is 5.22. The van der Waals surface area contributed by atoms with E-state index in [9.17, 15) is 0 Å². The summed E-state index contributed by atoms with van der Waals surface area (Å²) in [5.41, 5.74) is 2.56. The first kappa shape index (κ1) is 6.40. The van der Waals surface area contributed by atoms with Gasteiger partial charge in [-0.3, -0.25) is 0 Å². The van der Waals surface area contributed by atoms with Gasteiger partial charge in [0.05, 0.1) is 6.26 Å². The Morgan fingerprint density at radius 1 is 1.33 bits per heavy atom. The molecule has 50 valence electrons. The normalized spacial score (nSPS) is 26.3. The lowest BCUT2D eigenvalue weighted by atomic mass is 10.1. The van der Waals surface area contributed by atoms with E-state index in [1.54, 1.807) is 0 Å². The van der Waals surface area contributed by atoms with Gasteiger partial charge in [-0.05, 0) is 38.0 Å². The van der Waals surface area contributed by atoms with Crippen molar-refractivity contribution in [3.8, 4) is 0 Å². The quantitative estimate of drug-likeness (QED) is 0.481. The summed E-state index contributed by atoms with van der Waals surface area (Å²) in [5, 5.41) is 0. The summed E-state index contributed by atoms with van der Waals surface area (Å²) in [6.07, 6.45) is 4.20. The van der Waals surface area contributed by atoms with Crippen LogP contribution in [0.2, 0.25) is 0 Å². The molecule has 1 heterocycles. The first-order valence-electron chi connectivity index (χ1n) is 3.21. The van der Waals surface area contributed by atoms with Gasteiger partial charge in [0.1, 0.15) is 6.10 Å². The minimum Gasteiger partial charge on any atom is -0.494 e. The highest BCUT2D eigenvalue weighted by molar-refractivity contribution is 5.28. The van der Waals surface area contributed by atoms with E-state index in [4.69, 9.17) is 4.74 Å². The molecule has 0 aliphatic carbocycles. The van der Waals surface area contributed by atoms with Crippen molar-refractivity contribution < 1.29 is 4.74 Å². The molecule has 0 amide bonds. The topological polar surface area (TPSA) is 9.23 Å². The number of hydrogen-bond acceptors (Lipinski definition) is 1. The van der Waals surface area contributed by atoms with Gasteiger partial charge in [-0.2, -0.15) is 0 Å². The van der Waals surface area contributed by atoms with Crippen molar-refractivity contribution in [3.63, 3.8) is 0 Å². The summed E-state index contributed by atoms with van der Waals surface area (Å²) in [6.45, 7) is 6.19. The SMILES string of the molecule is CC1=COC(C)C=C1C. The van der Waals surface area contributed by atoms with Crippen LogP contribution in [-0.2, 0) is 4.74 Å². The van der Waals surface area contributed by atoms with Gasteiger partial charge in [-0.15, -0.1) is 0 Å². The summed E-state index contributed by atoms with van der Waals surface area (Å²) in [6, 6.07) is 0. The second-order valence-corrected chi connectivity index (χ2v) is 2.49. The van der Waals surface area contributed by atoms with Gasteiger partial charge in [-0.25, -0.2) is 0 Å². The molecule has 0 aromatic heterocycles. The zero-order valence-corrected chi connectivity index (χ0v) is 6.14. The molecule has 0 aromatic rings. The summed E-state index contributed by atoms with van der Waals surface area (Å²) >= 11 is 0. The fourth-order valence-electron chi connectivity index (χ4n) is 0.825. The molecule has 1 nitrogen and oxygen atoms in total. The molecule has 0 spiro atoms. The lowest BCUT2D eigenvalue weighted by Gasteiger charge is -2.15. The molecular weight excluding hydrogens is 112 g/mol. The molecule has 1 atom stereocenters. The molecule has 9 heavy (non-hydrogen) atoms. The van der Waals surface area contributed by atoms with Crippen LogP contribution in [-0.4, -0.2) is 6.10 Å². The Kier molecular flexibility index (Phi) is 1.60. The van der Waals surface area contributed by atoms with Crippen LogP contribution < -0.4 is 0 Å². The molecule has 0 radical (unpaired) electrons. The Hall–Kier alpha value is -0.720. The smallest absolute Gasteiger partial charge is 0.114 e. The predicted octanol–water partition coefficient (Wildman–Crippen LogP) is 2.26. The third-order valence-electron chi connectivity index (χ3n) is 1.57. The van der Waals surface area contributed by atoms with Crippen molar-refractivity contribution in [1.82, 2.24) is 0 Å². The Morgan fingerprint density at radius 3 is 2.44 bits per heavy atom. The van der Waals surface area contributed by atoms with Gasteiger partial charge in [0.25, 0.3) is 0 Å². The molecule has 1 rings (SSSR count). The van der Waals surface area contributed by atoms with E-state index in [1.165, 1.54) is 11.1 Å². The van der Waals surface area contributed by atoms with Crippen molar-refractivity contribution in [2.24, 2.45) is 0 Å². The monoisotopic (exact) mass is 124 g/mol. The van der Waals surface area contributed by atoms with Crippen LogP contribution in [0, 0.1) is 0 Å². The van der Waals surface area contributed by atoms with Crippen molar-refractivity contribution in [2.45, 2.75) is 26.9 Å². The fourth-order valence-corrected chi connectivity index (χ4v) is 0.825. The molecule has 0 bridgehead atoms. The lowest BCUT2D eigenvalue weighted by molar-refractivity contribution is 0.196. The predicted molar refractivity (Wildman–Crippen MR) is 38.1 cm³/mol. The van der Waals surface area contributed by atoms with Crippen LogP contribution in [0.15, 0.2) is 23.5 Å². The highest BCUT2D eigenvalue weighted by Crippen LogP contribution is 2.15. The van der Waals surface area contributed by atoms with Gasteiger partial charge >= 0.3 is 0 Å². The van der Waals surface area contributed by atoms with E-state index in [0.29, 0.717) is 0 Å². The van der Waals surface area contributed by atoms with Crippen molar-refractivity contribution >= 4 is 0 Å². The summed E-state index contributed by atoms with van der Waals surface area (Å²) in [7, 11) is 0. The zero-order chi connectivity index (χ0) is 6.85. The standard InChI is InChI=1S/C8H12O/c1-6-4-8(3)9-5-7(6)2/h4-5,8H,1-3H3. The third-order valence-corrected chi connectivity index (χ3v) is 1.57. The maximum absolute atomic E-state index is 5.22. The summed E-state index contributed by atoms with van der Waals surface area (Å²) in [5.74, 6) is 0. The van der Waals surface area contributed by atoms with Crippen LogP contribution in [0.25, 0.3) is 0 Å². The van der Waals surface area contributed by atoms with Gasteiger partial charge < -0.3 is 4.74 Å². The van der Waals surface area contributed by atoms with Crippen LogP contribution in [0.1, 0.15) is 20.8 Å². The number of hydrogen-bond donors (Lipinski definition) is 0. The van der Waals surface area contributed by atoms with Crippen LogP contribution >= 0.6 is 0 Å². The second kappa shape index (κ2) is 2.26.